The number of aromatic nitrogens is 3. The standard InChI is InChI=1S/C11H11Cl2F2N5O3S/c1-5-17-20(11(21)19(5)10(14)15)9-4-8(6(12)3-7(9)13)16-18-24(2,22)23/h3-4,10,16,18H,1-2H3. The van der Waals surface area contributed by atoms with Gasteiger partial charge in [0, 0.05) is 0 Å². The number of hydrazine groups is 1. The first-order valence-electron chi connectivity index (χ1n) is 6.20. The Balaban J connectivity index is 2.56. The van der Waals surface area contributed by atoms with Gasteiger partial charge in [0.2, 0.25) is 10.0 Å². The fraction of sp³-hybridized carbons (Fsp3) is 0.273. The number of alkyl halides is 2. The van der Waals surface area contributed by atoms with E-state index in [1.54, 1.807) is 0 Å². The number of sulfonamides is 1. The van der Waals surface area contributed by atoms with E-state index < -0.39 is 22.3 Å². The maximum atomic E-state index is 12.9. The van der Waals surface area contributed by atoms with Crippen molar-refractivity contribution in [3.63, 3.8) is 0 Å². The predicted octanol–water partition coefficient (Wildman–Crippen LogP) is 1.92. The molecule has 0 aliphatic heterocycles. The van der Waals surface area contributed by atoms with E-state index in [4.69, 9.17) is 23.2 Å². The molecule has 0 fully saturated rings. The van der Waals surface area contributed by atoms with Crippen molar-refractivity contribution in [1.82, 2.24) is 19.2 Å². The summed E-state index contributed by atoms with van der Waals surface area (Å²) < 4.78 is 48.9. The first-order valence-corrected chi connectivity index (χ1v) is 8.84. The molecule has 0 spiro atoms. The van der Waals surface area contributed by atoms with Crippen molar-refractivity contribution in [3.8, 4) is 5.69 Å². The topological polar surface area (TPSA) is 98.0 Å². The van der Waals surface area contributed by atoms with Gasteiger partial charge in [-0.05, 0) is 19.1 Å². The molecule has 8 nitrogen and oxygen atoms in total. The highest BCUT2D eigenvalue weighted by molar-refractivity contribution is 7.88. The summed E-state index contributed by atoms with van der Waals surface area (Å²) in [5.41, 5.74) is 1.23. The van der Waals surface area contributed by atoms with Crippen molar-refractivity contribution >= 4 is 38.9 Å². The second kappa shape index (κ2) is 6.67. The average molecular weight is 402 g/mol. The van der Waals surface area contributed by atoms with Crippen LogP contribution in [0.25, 0.3) is 5.69 Å². The Hall–Kier alpha value is -1.69. The van der Waals surface area contributed by atoms with E-state index in [2.05, 4.69) is 10.5 Å². The number of benzene rings is 1. The fourth-order valence-electron chi connectivity index (χ4n) is 1.80. The molecule has 0 bridgehead atoms. The van der Waals surface area contributed by atoms with Gasteiger partial charge in [-0.2, -0.15) is 13.5 Å². The number of nitrogens with zero attached hydrogens (tertiary/aromatic N) is 3. The van der Waals surface area contributed by atoms with Crippen LogP contribution in [0.3, 0.4) is 0 Å². The van der Waals surface area contributed by atoms with E-state index >= 15 is 0 Å². The van der Waals surface area contributed by atoms with E-state index in [1.807, 2.05) is 4.83 Å². The van der Waals surface area contributed by atoms with Crippen LogP contribution in [0.2, 0.25) is 10.0 Å². The lowest BCUT2D eigenvalue weighted by atomic mass is 10.3. The molecule has 1 heterocycles. The van der Waals surface area contributed by atoms with Gasteiger partial charge in [0.1, 0.15) is 5.82 Å². The molecular formula is C11H11Cl2F2N5O3S. The van der Waals surface area contributed by atoms with Crippen LogP contribution in [0.4, 0.5) is 14.5 Å². The monoisotopic (exact) mass is 401 g/mol. The molecule has 1 aromatic heterocycles. The molecule has 0 saturated carbocycles. The molecule has 0 saturated heterocycles. The Kier molecular flexibility index (Phi) is 5.18. The lowest BCUT2D eigenvalue weighted by Gasteiger charge is -2.11. The average Bonchev–Trinajstić information content (AvgIpc) is 2.72. The van der Waals surface area contributed by atoms with Gasteiger partial charge >= 0.3 is 12.2 Å². The van der Waals surface area contributed by atoms with Crippen LogP contribution >= 0.6 is 23.2 Å². The summed E-state index contributed by atoms with van der Waals surface area (Å²) >= 11 is 11.9. The molecule has 2 aromatic rings. The SMILES string of the molecule is Cc1nn(-c2cc(NNS(C)(=O)=O)c(Cl)cc2Cl)c(=O)n1C(F)F. The van der Waals surface area contributed by atoms with Crippen LogP contribution < -0.4 is 15.9 Å². The van der Waals surface area contributed by atoms with Gasteiger partial charge in [-0.25, -0.2) is 17.8 Å². The highest BCUT2D eigenvalue weighted by atomic mass is 35.5. The second-order valence-electron chi connectivity index (χ2n) is 4.67. The first-order chi connectivity index (χ1) is 11.0. The van der Waals surface area contributed by atoms with E-state index in [0.29, 0.717) is 4.68 Å². The van der Waals surface area contributed by atoms with Crippen molar-refractivity contribution in [2.24, 2.45) is 0 Å². The Labute approximate surface area is 145 Å². The van der Waals surface area contributed by atoms with Crippen molar-refractivity contribution in [2.45, 2.75) is 13.5 Å². The van der Waals surface area contributed by atoms with Crippen LogP contribution in [0.1, 0.15) is 12.4 Å². The lowest BCUT2D eigenvalue weighted by molar-refractivity contribution is 0.0640. The third kappa shape index (κ3) is 3.86. The predicted molar refractivity (Wildman–Crippen MR) is 85.4 cm³/mol. The zero-order valence-corrected chi connectivity index (χ0v) is 14.5. The number of hydrogen-bond acceptors (Lipinski definition) is 5. The van der Waals surface area contributed by atoms with Crippen LogP contribution in [-0.2, 0) is 10.0 Å². The van der Waals surface area contributed by atoms with Gasteiger partial charge in [0.25, 0.3) is 0 Å². The Bertz CT molecular complexity index is 942. The molecule has 2 N–H and O–H groups in total. The van der Waals surface area contributed by atoms with Crippen LogP contribution in [0, 0.1) is 6.92 Å². The van der Waals surface area contributed by atoms with E-state index in [0.717, 1.165) is 6.26 Å². The summed E-state index contributed by atoms with van der Waals surface area (Å²) in [6, 6.07) is 2.42. The third-order valence-electron chi connectivity index (χ3n) is 2.81. The quantitative estimate of drug-likeness (QED) is 0.745. The van der Waals surface area contributed by atoms with E-state index in [1.165, 1.54) is 19.1 Å². The van der Waals surface area contributed by atoms with Gasteiger partial charge in [-0.3, -0.25) is 0 Å². The number of nitrogens with one attached hydrogen (secondary N) is 2. The molecule has 1 aromatic carbocycles. The van der Waals surface area contributed by atoms with Gasteiger partial charge in [-0.1, -0.05) is 23.2 Å². The molecule has 0 atom stereocenters. The second-order valence-corrected chi connectivity index (χ2v) is 7.23. The van der Waals surface area contributed by atoms with Crippen LogP contribution in [-0.4, -0.2) is 29.0 Å². The van der Waals surface area contributed by atoms with Gasteiger partial charge in [-0.15, -0.1) is 9.93 Å². The van der Waals surface area contributed by atoms with Crippen molar-refractivity contribution in [1.29, 1.82) is 0 Å². The summed E-state index contributed by atoms with van der Waals surface area (Å²) in [6.07, 6.45) is 0.906. The van der Waals surface area contributed by atoms with Gasteiger partial charge < -0.3 is 5.43 Å². The minimum Gasteiger partial charge on any atom is -0.307 e. The smallest absolute Gasteiger partial charge is 0.307 e. The summed E-state index contributed by atoms with van der Waals surface area (Å²) in [7, 11) is -3.59. The minimum atomic E-state index is -3.59. The molecule has 0 aliphatic rings. The largest absolute Gasteiger partial charge is 0.355 e. The normalized spacial score (nSPS) is 12.0. The number of aryl methyl sites for hydroxylation is 1. The highest BCUT2D eigenvalue weighted by Crippen LogP contribution is 2.30. The molecule has 0 aliphatic carbocycles. The zero-order valence-electron chi connectivity index (χ0n) is 12.2. The van der Waals surface area contributed by atoms with Crippen LogP contribution in [0.5, 0.6) is 0 Å². The number of anilines is 1. The molecule has 13 heteroatoms. The number of hydrogen-bond donors (Lipinski definition) is 2. The van der Waals surface area contributed by atoms with Crippen molar-refractivity contribution in [3.05, 3.63) is 38.5 Å². The Morgan fingerprint density at radius 3 is 2.38 bits per heavy atom. The molecular weight excluding hydrogens is 391 g/mol. The molecule has 0 unspecified atom stereocenters. The lowest BCUT2D eigenvalue weighted by Crippen LogP contribution is -2.28. The van der Waals surface area contributed by atoms with Crippen molar-refractivity contribution < 1.29 is 17.2 Å². The maximum Gasteiger partial charge on any atom is 0.355 e. The number of halogens is 4. The fourth-order valence-corrected chi connectivity index (χ4v) is 2.61. The third-order valence-corrected chi connectivity index (χ3v) is 3.90. The van der Waals surface area contributed by atoms with Crippen LogP contribution in [0.15, 0.2) is 16.9 Å². The zero-order chi connectivity index (χ0) is 18.2. The summed E-state index contributed by atoms with van der Waals surface area (Å²) in [4.78, 5) is 14.0. The molecule has 0 radical (unpaired) electrons. The Morgan fingerprint density at radius 1 is 1.25 bits per heavy atom. The molecule has 132 valence electrons. The number of rotatable bonds is 5. The van der Waals surface area contributed by atoms with E-state index in [9.17, 15) is 22.0 Å². The maximum absolute atomic E-state index is 12.9. The first kappa shape index (κ1) is 18.6. The minimum absolute atomic E-state index is 0.0362. The Morgan fingerprint density at radius 2 is 1.88 bits per heavy atom. The molecule has 0 amide bonds. The van der Waals surface area contributed by atoms with Gasteiger partial charge in [0.05, 0.1) is 27.7 Å². The van der Waals surface area contributed by atoms with Crippen molar-refractivity contribution in [2.75, 3.05) is 11.7 Å². The molecule has 24 heavy (non-hydrogen) atoms. The molecule has 2 rings (SSSR count). The summed E-state index contributed by atoms with van der Waals surface area (Å²) in [5.74, 6) is -0.218. The summed E-state index contributed by atoms with van der Waals surface area (Å²) in [6.45, 7) is -1.83. The highest BCUT2D eigenvalue weighted by Gasteiger charge is 2.20. The van der Waals surface area contributed by atoms with E-state index in [-0.39, 0.29) is 31.8 Å². The van der Waals surface area contributed by atoms with Gasteiger partial charge in [0.15, 0.2) is 0 Å². The summed E-state index contributed by atoms with van der Waals surface area (Å²) in [5, 5.41) is 3.74.